The Morgan fingerprint density at radius 2 is 2.21 bits per heavy atom. The predicted molar refractivity (Wildman–Crippen MR) is 46.6 cm³/mol. The average Bonchev–Trinajstić information content (AvgIpc) is 2.62. The van der Waals surface area contributed by atoms with Gasteiger partial charge in [0.25, 0.3) is 5.78 Å². The minimum atomic E-state index is -0.856. The van der Waals surface area contributed by atoms with Gasteiger partial charge >= 0.3 is 0 Å². The molecule has 0 unspecified atom stereocenters. The van der Waals surface area contributed by atoms with Gasteiger partial charge in [-0.15, -0.1) is 0 Å². The molecule has 0 atom stereocenters. The Labute approximate surface area is 78.1 Å². The van der Waals surface area contributed by atoms with Crippen molar-refractivity contribution in [1.82, 2.24) is 0 Å². The third-order valence-corrected chi connectivity index (χ3v) is 1.91. The maximum Gasteiger partial charge on any atom is 0.261 e. The van der Waals surface area contributed by atoms with E-state index in [1.165, 1.54) is 18.4 Å². The molecule has 0 aliphatic heterocycles. The lowest BCUT2D eigenvalue weighted by Gasteiger charge is -1.92. The Bertz CT molecular complexity index is 513. The van der Waals surface area contributed by atoms with E-state index >= 15 is 0 Å². The normalized spacial score (nSPS) is 10.4. The quantitative estimate of drug-likeness (QED) is 0.415. The van der Waals surface area contributed by atoms with Gasteiger partial charge in [0.05, 0.1) is 11.6 Å². The highest BCUT2D eigenvalue weighted by Gasteiger charge is 2.16. The molecule has 2 rings (SSSR count). The van der Waals surface area contributed by atoms with Crippen molar-refractivity contribution in [2.45, 2.75) is 0 Å². The Morgan fingerprint density at radius 1 is 1.43 bits per heavy atom. The highest BCUT2D eigenvalue weighted by molar-refractivity contribution is 6.35. The zero-order valence-corrected chi connectivity index (χ0v) is 6.99. The lowest BCUT2D eigenvalue weighted by atomic mass is 10.1. The monoisotopic (exact) mass is 192 g/mol. The van der Waals surface area contributed by atoms with E-state index in [9.17, 15) is 14.0 Å². The lowest BCUT2D eigenvalue weighted by Crippen LogP contribution is -1.98. The zero-order chi connectivity index (χ0) is 10.1. The van der Waals surface area contributed by atoms with Crippen LogP contribution in [-0.2, 0) is 4.79 Å². The van der Waals surface area contributed by atoms with Crippen molar-refractivity contribution in [2.75, 3.05) is 0 Å². The third kappa shape index (κ3) is 1.12. The van der Waals surface area contributed by atoms with E-state index in [1.807, 2.05) is 0 Å². The van der Waals surface area contributed by atoms with Crippen molar-refractivity contribution in [2.24, 2.45) is 0 Å². The van der Waals surface area contributed by atoms with Gasteiger partial charge in [-0.2, -0.15) is 0 Å². The number of carbonyl (C=O) groups excluding carboxylic acids is 2. The molecule has 0 saturated carbocycles. The van der Waals surface area contributed by atoms with Gasteiger partial charge in [-0.3, -0.25) is 9.59 Å². The summed E-state index contributed by atoms with van der Waals surface area (Å²) in [6.45, 7) is 0. The first kappa shape index (κ1) is 8.62. The van der Waals surface area contributed by atoms with E-state index in [0.29, 0.717) is 5.39 Å². The van der Waals surface area contributed by atoms with Gasteiger partial charge in [-0.1, -0.05) is 12.1 Å². The number of fused-ring (bicyclic) bond motifs is 1. The van der Waals surface area contributed by atoms with Crippen LogP contribution in [0.4, 0.5) is 4.39 Å². The number of carbonyl (C=O) groups is 2. The largest absolute Gasteiger partial charge is 0.459 e. The predicted octanol–water partition coefficient (Wildman–Crippen LogP) is 1.95. The average molecular weight is 192 g/mol. The maximum atomic E-state index is 13.2. The summed E-state index contributed by atoms with van der Waals surface area (Å²) in [5.41, 5.74) is 0. The van der Waals surface area contributed by atoms with Crippen LogP contribution in [0.25, 0.3) is 10.8 Å². The van der Waals surface area contributed by atoms with E-state index in [-0.39, 0.29) is 17.4 Å². The Hall–Kier alpha value is -1.97. The first-order chi connectivity index (χ1) is 6.74. The fourth-order valence-corrected chi connectivity index (χ4v) is 1.29. The number of aldehydes is 1. The van der Waals surface area contributed by atoms with Crippen molar-refractivity contribution in [1.29, 1.82) is 0 Å². The molecule has 1 aromatic carbocycles. The molecule has 0 radical (unpaired) electrons. The highest BCUT2D eigenvalue weighted by atomic mass is 19.1. The van der Waals surface area contributed by atoms with E-state index in [4.69, 9.17) is 4.42 Å². The van der Waals surface area contributed by atoms with Crippen LogP contribution in [0.5, 0.6) is 0 Å². The van der Waals surface area contributed by atoms with E-state index in [2.05, 4.69) is 0 Å². The Kier molecular flexibility index (Phi) is 1.89. The molecule has 2 aromatic rings. The molecule has 0 aliphatic rings. The van der Waals surface area contributed by atoms with E-state index in [0.717, 1.165) is 0 Å². The zero-order valence-electron chi connectivity index (χ0n) is 6.99. The van der Waals surface area contributed by atoms with Gasteiger partial charge in [0, 0.05) is 5.39 Å². The minimum Gasteiger partial charge on any atom is -0.459 e. The second kappa shape index (κ2) is 3.06. The molecule has 14 heavy (non-hydrogen) atoms. The molecule has 1 heterocycles. The number of ketones is 1. The topological polar surface area (TPSA) is 47.3 Å². The molecule has 1 aromatic heterocycles. The molecule has 0 spiro atoms. The molecule has 0 N–H and O–H groups in total. The summed E-state index contributed by atoms with van der Waals surface area (Å²) < 4.78 is 18.1. The van der Waals surface area contributed by atoms with Crippen molar-refractivity contribution in [3.05, 3.63) is 36.0 Å². The summed E-state index contributed by atoms with van der Waals surface area (Å²) in [5.74, 6) is -1.67. The summed E-state index contributed by atoms with van der Waals surface area (Å²) in [6.07, 6.45) is 1.35. The molecule has 70 valence electrons. The fraction of sp³-hybridized carbons (Fsp3) is 0. The molecule has 0 amide bonds. The SMILES string of the molecule is O=CC(=O)c1occ2cccc(F)c12. The van der Waals surface area contributed by atoms with Gasteiger partial charge in [-0.05, 0) is 6.07 Å². The second-order valence-electron chi connectivity index (χ2n) is 2.75. The van der Waals surface area contributed by atoms with E-state index in [1.54, 1.807) is 6.07 Å². The summed E-state index contributed by atoms with van der Waals surface area (Å²) >= 11 is 0. The van der Waals surface area contributed by atoms with Crippen molar-refractivity contribution < 1.29 is 18.4 Å². The summed E-state index contributed by atoms with van der Waals surface area (Å²) in [7, 11) is 0. The second-order valence-corrected chi connectivity index (χ2v) is 2.75. The van der Waals surface area contributed by atoms with Crippen LogP contribution < -0.4 is 0 Å². The van der Waals surface area contributed by atoms with Crippen LogP contribution in [0.2, 0.25) is 0 Å². The number of hydrogen-bond donors (Lipinski definition) is 0. The van der Waals surface area contributed by atoms with Crippen LogP contribution in [0.15, 0.2) is 28.9 Å². The van der Waals surface area contributed by atoms with E-state index < -0.39 is 11.6 Å². The molecular formula is C10H5FO3. The van der Waals surface area contributed by atoms with Crippen molar-refractivity contribution >= 4 is 22.8 Å². The third-order valence-electron chi connectivity index (χ3n) is 1.91. The molecule has 0 saturated heterocycles. The molecule has 0 bridgehead atoms. The first-order valence-corrected chi connectivity index (χ1v) is 3.89. The standard InChI is InChI=1S/C10H5FO3/c11-7-3-1-2-6-5-14-10(9(6)7)8(13)4-12/h1-5H. The number of halogens is 1. The summed E-state index contributed by atoms with van der Waals surface area (Å²) in [5, 5.41) is 0.528. The molecule has 3 nitrogen and oxygen atoms in total. The van der Waals surface area contributed by atoms with Gasteiger partial charge in [0.15, 0.2) is 12.0 Å². The number of hydrogen-bond acceptors (Lipinski definition) is 3. The first-order valence-electron chi connectivity index (χ1n) is 3.89. The Balaban J connectivity index is 2.79. The van der Waals surface area contributed by atoms with Gasteiger partial charge in [0.1, 0.15) is 5.82 Å². The minimum absolute atomic E-state index is 0.0598. The number of furan rings is 1. The lowest BCUT2D eigenvalue weighted by molar-refractivity contribution is -0.104. The van der Waals surface area contributed by atoms with Gasteiger partial charge in [0.2, 0.25) is 0 Å². The smallest absolute Gasteiger partial charge is 0.261 e. The molecule has 0 fully saturated rings. The van der Waals surface area contributed by atoms with Crippen LogP contribution in [0.1, 0.15) is 10.6 Å². The molecular weight excluding hydrogens is 187 g/mol. The molecule has 0 aliphatic carbocycles. The van der Waals surface area contributed by atoms with Crippen LogP contribution >= 0.6 is 0 Å². The van der Waals surface area contributed by atoms with Crippen LogP contribution in [0, 0.1) is 5.82 Å². The number of rotatable bonds is 2. The maximum absolute atomic E-state index is 13.2. The van der Waals surface area contributed by atoms with Gasteiger partial charge < -0.3 is 4.42 Å². The molecule has 4 heteroatoms. The Morgan fingerprint density at radius 3 is 2.93 bits per heavy atom. The highest BCUT2D eigenvalue weighted by Crippen LogP contribution is 2.23. The number of benzene rings is 1. The summed E-state index contributed by atoms with van der Waals surface area (Å²) in [4.78, 5) is 21.2. The van der Waals surface area contributed by atoms with Crippen molar-refractivity contribution in [3.63, 3.8) is 0 Å². The van der Waals surface area contributed by atoms with Crippen LogP contribution in [-0.4, -0.2) is 12.1 Å². The fourth-order valence-electron chi connectivity index (χ4n) is 1.29. The number of Topliss-reactive ketones (excluding diaryl/α,β-unsaturated/α-hetero) is 1. The summed E-state index contributed by atoms with van der Waals surface area (Å²) in [6, 6.07) is 4.31. The van der Waals surface area contributed by atoms with Gasteiger partial charge in [-0.25, -0.2) is 4.39 Å². The van der Waals surface area contributed by atoms with Crippen molar-refractivity contribution in [3.8, 4) is 0 Å². The van der Waals surface area contributed by atoms with Crippen LogP contribution in [0.3, 0.4) is 0 Å².